The highest BCUT2D eigenvalue weighted by Crippen LogP contribution is 2.19. The average molecular weight is 234 g/mol. The summed E-state index contributed by atoms with van der Waals surface area (Å²) in [4.78, 5) is 22.9. The Hall–Kier alpha value is -2.10. The maximum atomic E-state index is 11.8. The molecule has 0 heterocycles. The minimum absolute atomic E-state index is 0.000868. The Bertz CT molecular complexity index is 475. The Balaban J connectivity index is 3.29. The molecule has 1 rings (SSSR count). The maximum Gasteiger partial charge on any atom is 0.339 e. The van der Waals surface area contributed by atoms with E-state index in [0.29, 0.717) is 11.1 Å². The van der Waals surface area contributed by atoms with E-state index in [4.69, 9.17) is 9.84 Å². The van der Waals surface area contributed by atoms with E-state index < -0.39 is 11.9 Å². The van der Waals surface area contributed by atoms with Gasteiger partial charge >= 0.3 is 11.9 Å². The first kappa shape index (κ1) is 13.0. The summed E-state index contributed by atoms with van der Waals surface area (Å²) < 4.78 is 4.88. The standard InChI is InChI=1S/C13H14O4/c1-4-7-17-13(16)11-9(3)6-5-8(2)10(11)12(14)15/h4-6H,1,7H2,2-3H3,(H,14,15). The smallest absolute Gasteiger partial charge is 0.339 e. The number of aromatic carboxylic acids is 1. The molecule has 4 heteroatoms. The predicted octanol–water partition coefficient (Wildman–Crippen LogP) is 2.34. The molecule has 1 aromatic rings. The lowest BCUT2D eigenvalue weighted by Crippen LogP contribution is -2.15. The van der Waals surface area contributed by atoms with Crippen LogP contribution in [0.5, 0.6) is 0 Å². The van der Waals surface area contributed by atoms with Crippen LogP contribution in [-0.2, 0) is 4.74 Å². The van der Waals surface area contributed by atoms with Crippen molar-refractivity contribution >= 4 is 11.9 Å². The fourth-order valence-electron chi connectivity index (χ4n) is 1.56. The molecule has 0 atom stereocenters. The molecule has 1 aromatic carbocycles. The van der Waals surface area contributed by atoms with Gasteiger partial charge in [-0.3, -0.25) is 0 Å². The van der Waals surface area contributed by atoms with Gasteiger partial charge in [0.05, 0.1) is 11.1 Å². The third-order valence-electron chi connectivity index (χ3n) is 2.37. The number of rotatable bonds is 4. The van der Waals surface area contributed by atoms with Crippen molar-refractivity contribution in [3.63, 3.8) is 0 Å². The van der Waals surface area contributed by atoms with Crippen molar-refractivity contribution in [2.75, 3.05) is 6.61 Å². The molecule has 1 N–H and O–H groups in total. The number of carboxylic acids is 1. The van der Waals surface area contributed by atoms with Crippen molar-refractivity contribution in [3.05, 3.63) is 47.0 Å². The minimum Gasteiger partial charge on any atom is -0.478 e. The van der Waals surface area contributed by atoms with Gasteiger partial charge < -0.3 is 9.84 Å². The molecule has 0 unspecified atom stereocenters. The molecule has 0 fully saturated rings. The first-order valence-electron chi connectivity index (χ1n) is 5.10. The number of carbonyl (C=O) groups is 2. The molecule has 0 aliphatic heterocycles. The number of ether oxygens (including phenoxy) is 1. The van der Waals surface area contributed by atoms with Crippen LogP contribution in [0.15, 0.2) is 24.8 Å². The number of hydrogen-bond acceptors (Lipinski definition) is 3. The van der Waals surface area contributed by atoms with Crippen LogP contribution in [0.1, 0.15) is 31.8 Å². The van der Waals surface area contributed by atoms with Crippen molar-refractivity contribution in [1.29, 1.82) is 0 Å². The third kappa shape index (κ3) is 2.72. The Morgan fingerprint density at radius 2 is 1.82 bits per heavy atom. The second-order valence-corrected chi connectivity index (χ2v) is 3.64. The first-order chi connectivity index (χ1) is 7.99. The SMILES string of the molecule is C=CCOC(=O)c1c(C)ccc(C)c1C(=O)O. The van der Waals surface area contributed by atoms with Crippen LogP contribution in [0.25, 0.3) is 0 Å². The Kier molecular flexibility index (Phi) is 4.04. The summed E-state index contributed by atoms with van der Waals surface area (Å²) in [6.07, 6.45) is 1.43. The molecule has 0 saturated carbocycles. The van der Waals surface area contributed by atoms with E-state index in [2.05, 4.69) is 6.58 Å². The highest BCUT2D eigenvalue weighted by atomic mass is 16.5. The van der Waals surface area contributed by atoms with Gasteiger partial charge in [-0.2, -0.15) is 0 Å². The highest BCUT2D eigenvalue weighted by Gasteiger charge is 2.21. The average Bonchev–Trinajstić information content (AvgIpc) is 2.28. The molecular weight excluding hydrogens is 220 g/mol. The number of carbonyl (C=O) groups excluding carboxylic acids is 1. The summed E-state index contributed by atoms with van der Waals surface area (Å²) in [5, 5.41) is 9.12. The summed E-state index contributed by atoms with van der Waals surface area (Å²) in [7, 11) is 0. The summed E-state index contributed by atoms with van der Waals surface area (Å²) >= 11 is 0. The molecule has 0 spiro atoms. The molecule has 0 bridgehead atoms. The van der Waals surface area contributed by atoms with Gasteiger partial charge in [-0.1, -0.05) is 24.8 Å². The number of esters is 1. The van der Waals surface area contributed by atoms with E-state index >= 15 is 0 Å². The second-order valence-electron chi connectivity index (χ2n) is 3.64. The zero-order chi connectivity index (χ0) is 13.0. The van der Waals surface area contributed by atoms with Crippen molar-refractivity contribution in [2.45, 2.75) is 13.8 Å². The maximum absolute atomic E-state index is 11.8. The van der Waals surface area contributed by atoms with Crippen LogP contribution in [0, 0.1) is 13.8 Å². The summed E-state index contributed by atoms with van der Waals surface area (Å²) in [6.45, 7) is 6.81. The van der Waals surface area contributed by atoms with Gasteiger partial charge in [-0.05, 0) is 25.0 Å². The Morgan fingerprint density at radius 3 is 2.29 bits per heavy atom. The molecule has 0 saturated heterocycles. The van der Waals surface area contributed by atoms with Gasteiger partial charge in [0, 0.05) is 0 Å². The molecule has 0 aliphatic rings. The fraction of sp³-hybridized carbons (Fsp3) is 0.231. The van der Waals surface area contributed by atoms with Crippen LogP contribution in [0.3, 0.4) is 0 Å². The zero-order valence-corrected chi connectivity index (χ0v) is 9.82. The molecule has 90 valence electrons. The second kappa shape index (κ2) is 5.30. The van der Waals surface area contributed by atoms with Gasteiger partial charge in [0.2, 0.25) is 0 Å². The minimum atomic E-state index is -1.13. The van der Waals surface area contributed by atoms with E-state index in [0.717, 1.165) is 0 Å². The number of aryl methyl sites for hydroxylation is 2. The molecule has 0 amide bonds. The van der Waals surface area contributed by atoms with E-state index in [1.54, 1.807) is 26.0 Å². The van der Waals surface area contributed by atoms with Gasteiger partial charge in [0.1, 0.15) is 6.61 Å². The topological polar surface area (TPSA) is 63.6 Å². The number of benzene rings is 1. The number of hydrogen-bond donors (Lipinski definition) is 1. The van der Waals surface area contributed by atoms with Crippen LogP contribution < -0.4 is 0 Å². The molecular formula is C13H14O4. The van der Waals surface area contributed by atoms with Crippen molar-refractivity contribution < 1.29 is 19.4 Å². The van der Waals surface area contributed by atoms with E-state index in [1.807, 2.05) is 0 Å². The van der Waals surface area contributed by atoms with E-state index in [-0.39, 0.29) is 17.7 Å². The lowest BCUT2D eigenvalue weighted by molar-refractivity contribution is 0.0535. The lowest BCUT2D eigenvalue weighted by atomic mass is 9.97. The van der Waals surface area contributed by atoms with Crippen LogP contribution in [-0.4, -0.2) is 23.7 Å². The molecule has 0 aliphatic carbocycles. The summed E-state index contributed by atoms with van der Waals surface area (Å²) in [5.41, 5.74) is 1.23. The van der Waals surface area contributed by atoms with E-state index in [1.165, 1.54) is 6.08 Å². The molecule has 0 aromatic heterocycles. The van der Waals surface area contributed by atoms with Crippen molar-refractivity contribution in [1.82, 2.24) is 0 Å². The predicted molar refractivity (Wildman–Crippen MR) is 63.4 cm³/mol. The van der Waals surface area contributed by atoms with Gasteiger partial charge in [-0.15, -0.1) is 0 Å². The summed E-state index contributed by atoms with van der Waals surface area (Å²) in [6, 6.07) is 3.37. The molecule has 0 radical (unpaired) electrons. The van der Waals surface area contributed by atoms with Crippen LogP contribution in [0.2, 0.25) is 0 Å². The molecule has 17 heavy (non-hydrogen) atoms. The van der Waals surface area contributed by atoms with E-state index in [9.17, 15) is 9.59 Å². The van der Waals surface area contributed by atoms with Crippen LogP contribution >= 0.6 is 0 Å². The third-order valence-corrected chi connectivity index (χ3v) is 2.37. The van der Waals surface area contributed by atoms with Gasteiger partial charge in [0.25, 0.3) is 0 Å². The Morgan fingerprint density at radius 1 is 1.29 bits per heavy atom. The number of carboxylic acid groups (broad SMARTS) is 1. The van der Waals surface area contributed by atoms with Crippen molar-refractivity contribution in [2.24, 2.45) is 0 Å². The zero-order valence-electron chi connectivity index (χ0n) is 9.82. The lowest BCUT2D eigenvalue weighted by Gasteiger charge is -2.11. The van der Waals surface area contributed by atoms with Crippen LogP contribution in [0.4, 0.5) is 0 Å². The monoisotopic (exact) mass is 234 g/mol. The van der Waals surface area contributed by atoms with Gasteiger partial charge in [-0.25, -0.2) is 9.59 Å². The fourth-order valence-corrected chi connectivity index (χ4v) is 1.56. The first-order valence-corrected chi connectivity index (χ1v) is 5.10. The molecule has 4 nitrogen and oxygen atoms in total. The quantitative estimate of drug-likeness (QED) is 0.641. The highest BCUT2D eigenvalue weighted by molar-refractivity contribution is 6.04. The Labute approximate surface area is 99.5 Å². The normalized spacial score (nSPS) is 9.76. The largest absolute Gasteiger partial charge is 0.478 e. The van der Waals surface area contributed by atoms with Crippen molar-refractivity contribution in [3.8, 4) is 0 Å². The summed E-state index contributed by atoms with van der Waals surface area (Å²) in [5.74, 6) is -1.76. The van der Waals surface area contributed by atoms with Gasteiger partial charge in [0.15, 0.2) is 0 Å².